The zero-order valence-electron chi connectivity index (χ0n) is 12.3. The van der Waals surface area contributed by atoms with Crippen molar-refractivity contribution in [2.75, 3.05) is 44.6 Å². The number of carbonyl (C=O) groups is 1. The molecule has 1 atom stereocenters. The van der Waals surface area contributed by atoms with Crippen LogP contribution in [-0.2, 0) is 0 Å². The van der Waals surface area contributed by atoms with E-state index in [-0.39, 0.29) is 6.03 Å². The first-order valence-corrected chi connectivity index (χ1v) is 8.35. The van der Waals surface area contributed by atoms with Crippen LogP contribution in [0.2, 0.25) is 10.0 Å². The van der Waals surface area contributed by atoms with Gasteiger partial charge in [0.25, 0.3) is 0 Å². The number of anilines is 1. The first-order valence-electron chi connectivity index (χ1n) is 7.59. The normalized spacial score (nSPS) is 22.8. The van der Waals surface area contributed by atoms with E-state index in [0.29, 0.717) is 21.8 Å². The molecule has 2 N–H and O–H groups in total. The van der Waals surface area contributed by atoms with Gasteiger partial charge in [0.1, 0.15) is 0 Å². The molecular formula is C15H20Cl2N4O. The van der Waals surface area contributed by atoms with Crippen LogP contribution in [0.3, 0.4) is 0 Å². The number of piperazine rings is 1. The number of rotatable bonds is 2. The third kappa shape index (κ3) is 3.66. The van der Waals surface area contributed by atoms with Crippen LogP contribution in [0.1, 0.15) is 6.42 Å². The molecule has 0 aromatic heterocycles. The van der Waals surface area contributed by atoms with Crippen LogP contribution in [0.5, 0.6) is 0 Å². The summed E-state index contributed by atoms with van der Waals surface area (Å²) in [6, 6.07) is 5.52. The predicted molar refractivity (Wildman–Crippen MR) is 89.9 cm³/mol. The Kier molecular flexibility index (Phi) is 5.08. The summed E-state index contributed by atoms with van der Waals surface area (Å²) in [4.78, 5) is 16.7. The number of hydrogen-bond acceptors (Lipinski definition) is 3. The fraction of sp³-hybridized carbons (Fsp3) is 0.533. The van der Waals surface area contributed by atoms with Crippen LogP contribution in [0, 0.1) is 0 Å². The third-order valence-corrected chi connectivity index (χ3v) is 5.03. The highest BCUT2D eigenvalue weighted by atomic mass is 35.5. The molecule has 5 nitrogen and oxygen atoms in total. The Labute approximate surface area is 140 Å². The topological polar surface area (TPSA) is 47.6 Å². The minimum absolute atomic E-state index is 0.0731. The van der Waals surface area contributed by atoms with E-state index in [9.17, 15) is 4.79 Å². The van der Waals surface area contributed by atoms with Gasteiger partial charge in [-0.3, -0.25) is 4.90 Å². The molecule has 0 radical (unpaired) electrons. The quantitative estimate of drug-likeness (QED) is 0.868. The highest BCUT2D eigenvalue weighted by Gasteiger charge is 2.30. The van der Waals surface area contributed by atoms with Gasteiger partial charge in [0.2, 0.25) is 0 Å². The fourth-order valence-corrected chi connectivity index (χ4v) is 3.35. The van der Waals surface area contributed by atoms with Crippen LogP contribution < -0.4 is 10.6 Å². The van der Waals surface area contributed by atoms with E-state index < -0.39 is 0 Å². The molecule has 7 heteroatoms. The second kappa shape index (κ2) is 7.04. The van der Waals surface area contributed by atoms with Crippen molar-refractivity contribution in [3.05, 3.63) is 28.2 Å². The van der Waals surface area contributed by atoms with E-state index in [1.165, 1.54) is 0 Å². The van der Waals surface area contributed by atoms with Gasteiger partial charge in [-0.25, -0.2) is 4.79 Å². The second-order valence-corrected chi connectivity index (χ2v) is 6.55. The lowest BCUT2D eigenvalue weighted by Crippen LogP contribution is -2.49. The van der Waals surface area contributed by atoms with Crippen LogP contribution >= 0.6 is 23.2 Å². The smallest absolute Gasteiger partial charge is 0.321 e. The number of likely N-dealkylation sites (tertiary alicyclic amines) is 1. The van der Waals surface area contributed by atoms with Crippen LogP contribution in [0.4, 0.5) is 10.5 Å². The van der Waals surface area contributed by atoms with Gasteiger partial charge < -0.3 is 15.5 Å². The summed E-state index contributed by atoms with van der Waals surface area (Å²) < 4.78 is 0. The molecule has 0 aliphatic carbocycles. The van der Waals surface area contributed by atoms with E-state index >= 15 is 0 Å². The first kappa shape index (κ1) is 15.9. The lowest BCUT2D eigenvalue weighted by Gasteiger charge is -2.32. The summed E-state index contributed by atoms with van der Waals surface area (Å²) in [6.45, 7) is 5.77. The molecule has 2 amide bonds. The Hall–Kier alpha value is -1.01. The van der Waals surface area contributed by atoms with Crippen molar-refractivity contribution in [1.82, 2.24) is 15.1 Å². The van der Waals surface area contributed by atoms with Crippen molar-refractivity contribution in [2.45, 2.75) is 12.5 Å². The van der Waals surface area contributed by atoms with Gasteiger partial charge in [-0.15, -0.1) is 0 Å². The molecule has 1 unspecified atom stereocenters. The molecule has 0 saturated carbocycles. The standard InChI is InChI=1S/C15H20Cl2N4O/c16-13-2-1-11(9-14(13)17)19-15(22)21-6-3-12(10-21)20-7-4-18-5-8-20/h1-2,9,12,18H,3-8,10H2,(H,19,22). The number of nitrogens with one attached hydrogen (secondary N) is 2. The molecule has 2 fully saturated rings. The minimum atomic E-state index is -0.0731. The minimum Gasteiger partial charge on any atom is -0.323 e. The number of amides is 2. The Morgan fingerprint density at radius 2 is 1.95 bits per heavy atom. The zero-order valence-corrected chi connectivity index (χ0v) is 13.8. The zero-order chi connectivity index (χ0) is 15.5. The van der Waals surface area contributed by atoms with Crippen molar-refractivity contribution in [1.29, 1.82) is 0 Å². The molecule has 0 spiro atoms. The Balaban J connectivity index is 1.55. The molecule has 1 aromatic rings. The fourth-order valence-electron chi connectivity index (χ4n) is 3.05. The lowest BCUT2D eigenvalue weighted by atomic mass is 10.2. The van der Waals surface area contributed by atoms with Gasteiger partial charge >= 0.3 is 6.03 Å². The predicted octanol–water partition coefficient (Wildman–Crippen LogP) is 2.50. The van der Waals surface area contributed by atoms with Gasteiger partial charge in [-0.1, -0.05) is 23.2 Å². The summed E-state index contributed by atoms with van der Waals surface area (Å²) in [6.07, 6.45) is 1.04. The maximum absolute atomic E-state index is 12.3. The summed E-state index contributed by atoms with van der Waals surface area (Å²) in [7, 11) is 0. The highest BCUT2D eigenvalue weighted by Crippen LogP contribution is 2.25. The largest absolute Gasteiger partial charge is 0.323 e. The van der Waals surface area contributed by atoms with Gasteiger partial charge in [0, 0.05) is 51.0 Å². The summed E-state index contributed by atoms with van der Waals surface area (Å²) in [5.74, 6) is 0. The van der Waals surface area contributed by atoms with Gasteiger partial charge in [0.05, 0.1) is 10.0 Å². The molecule has 22 heavy (non-hydrogen) atoms. The average molecular weight is 343 g/mol. The molecule has 2 aliphatic heterocycles. The number of hydrogen-bond donors (Lipinski definition) is 2. The van der Waals surface area contributed by atoms with Crippen LogP contribution in [0.15, 0.2) is 18.2 Å². The van der Waals surface area contributed by atoms with Crippen molar-refractivity contribution in [3.63, 3.8) is 0 Å². The summed E-state index contributed by atoms with van der Waals surface area (Å²) in [5, 5.41) is 7.18. The van der Waals surface area contributed by atoms with Crippen molar-refractivity contribution < 1.29 is 4.79 Å². The van der Waals surface area contributed by atoms with E-state index in [4.69, 9.17) is 23.2 Å². The van der Waals surface area contributed by atoms with E-state index in [2.05, 4.69) is 15.5 Å². The van der Waals surface area contributed by atoms with E-state index in [1.807, 2.05) is 4.90 Å². The molecular weight excluding hydrogens is 323 g/mol. The molecule has 2 aliphatic rings. The first-order chi connectivity index (χ1) is 10.6. The molecule has 3 rings (SSSR count). The highest BCUT2D eigenvalue weighted by molar-refractivity contribution is 6.42. The number of carbonyl (C=O) groups excluding carboxylic acids is 1. The molecule has 0 bridgehead atoms. The number of benzene rings is 1. The number of nitrogens with zero attached hydrogens (tertiary/aromatic N) is 2. The van der Waals surface area contributed by atoms with Gasteiger partial charge in [0.15, 0.2) is 0 Å². The molecule has 2 saturated heterocycles. The monoisotopic (exact) mass is 342 g/mol. The number of urea groups is 1. The second-order valence-electron chi connectivity index (χ2n) is 5.73. The van der Waals surface area contributed by atoms with Crippen molar-refractivity contribution in [2.24, 2.45) is 0 Å². The van der Waals surface area contributed by atoms with E-state index in [1.54, 1.807) is 18.2 Å². The lowest BCUT2D eigenvalue weighted by molar-refractivity contribution is 0.172. The maximum atomic E-state index is 12.3. The molecule has 1 aromatic carbocycles. The Morgan fingerprint density at radius 3 is 2.68 bits per heavy atom. The molecule has 2 heterocycles. The van der Waals surface area contributed by atoms with Crippen LogP contribution in [-0.4, -0.2) is 61.1 Å². The molecule has 120 valence electrons. The summed E-state index contributed by atoms with van der Waals surface area (Å²) >= 11 is 11.9. The van der Waals surface area contributed by atoms with Gasteiger partial charge in [-0.05, 0) is 24.6 Å². The maximum Gasteiger partial charge on any atom is 0.321 e. The Morgan fingerprint density at radius 1 is 1.18 bits per heavy atom. The summed E-state index contributed by atoms with van der Waals surface area (Å²) in [5.41, 5.74) is 0.671. The SMILES string of the molecule is O=C(Nc1ccc(Cl)c(Cl)c1)N1CCC(N2CCNCC2)C1. The van der Waals surface area contributed by atoms with Crippen molar-refractivity contribution >= 4 is 34.9 Å². The van der Waals surface area contributed by atoms with E-state index in [0.717, 1.165) is 45.7 Å². The van der Waals surface area contributed by atoms with Crippen LogP contribution in [0.25, 0.3) is 0 Å². The van der Waals surface area contributed by atoms with Gasteiger partial charge in [-0.2, -0.15) is 0 Å². The Bertz CT molecular complexity index is 548. The van der Waals surface area contributed by atoms with Crippen molar-refractivity contribution in [3.8, 4) is 0 Å². The number of halogens is 2. The third-order valence-electron chi connectivity index (χ3n) is 4.29. The average Bonchev–Trinajstić information content (AvgIpc) is 3.02.